The second-order valence-electron chi connectivity index (χ2n) is 9.03. The van der Waals surface area contributed by atoms with Crippen LogP contribution >= 0.6 is 11.3 Å². The quantitative estimate of drug-likeness (QED) is 0.364. The second-order valence-corrected chi connectivity index (χ2v) is 10.1. The Hall–Kier alpha value is -3.23. The lowest BCUT2D eigenvalue weighted by Crippen LogP contribution is -2.34. The van der Waals surface area contributed by atoms with E-state index in [0.717, 1.165) is 54.8 Å². The van der Waals surface area contributed by atoms with E-state index in [1.165, 1.54) is 4.88 Å². The Balaban J connectivity index is 1.34. The number of aromatic nitrogens is 1. The van der Waals surface area contributed by atoms with Gasteiger partial charge in [-0.15, -0.1) is 11.3 Å². The molecule has 0 aliphatic heterocycles. The van der Waals surface area contributed by atoms with Crippen molar-refractivity contribution >= 4 is 28.3 Å². The lowest BCUT2D eigenvalue weighted by molar-refractivity contribution is 0.0950. The molecule has 1 aliphatic carbocycles. The molecule has 8 heteroatoms. The second kappa shape index (κ2) is 12.1. The first-order valence-electron chi connectivity index (χ1n) is 12.6. The predicted molar refractivity (Wildman–Crippen MR) is 144 cm³/mol. The van der Waals surface area contributed by atoms with Gasteiger partial charge in [0.2, 0.25) is 0 Å². The van der Waals surface area contributed by atoms with Crippen LogP contribution in [-0.4, -0.2) is 36.0 Å². The molecule has 3 aromatic rings. The Morgan fingerprint density at radius 1 is 1.11 bits per heavy atom. The molecule has 0 radical (unpaired) electrons. The van der Waals surface area contributed by atoms with E-state index in [1.807, 2.05) is 38.1 Å². The Morgan fingerprint density at radius 3 is 2.72 bits per heavy atom. The summed E-state index contributed by atoms with van der Waals surface area (Å²) in [6, 6.07) is 13.2. The molecule has 0 saturated heterocycles. The van der Waals surface area contributed by atoms with Gasteiger partial charge in [-0.05, 0) is 87.5 Å². The van der Waals surface area contributed by atoms with Gasteiger partial charge in [-0.3, -0.25) is 14.9 Å². The van der Waals surface area contributed by atoms with Crippen molar-refractivity contribution in [2.75, 3.05) is 18.5 Å². The van der Waals surface area contributed by atoms with E-state index in [-0.39, 0.29) is 11.8 Å². The van der Waals surface area contributed by atoms with Gasteiger partial charge < -0.3 is 15.4 Å². The number of hydrogen-bond acceptors (Lipinski definition) is 6. The summed E-state index contributed by atoms with van der Waals surface area (Å²) in [6.45, 7) is 7.96. The fourth-order valence-corrected chi connectivity index (χ4v) is 5.42. The zero-order valence-corrected chi connectivity index (χ0v) is 22.0. The van der Waals surface area contributed by atoms with Crippen LogP contribution < -0.4 is 20.7 Å². The highest BCUT2D eigenvalue weighted by atomic mass is 32.1. The van der Waals surface area contributed by atoms with Gasteiger partial charge in [0.05, 0.1) is 12.3 Å². The molecule has 0 spiro atoms. The van der Waals surface area contributed by atoms with Crippen molar-refractivity contribution in [1.82, 2.24) is 15.6 Å². The molecule has 1 aromatic heterocycles. The van der Waals surface area contributed by atoms with Gasteiger partial charge in [0.15, 0.2) is 5.13 Å². The zero-order valence-electron chi connectivity index (χ0n) is 21.1. The van der Waals surface area contributed by atoms with Crippen LogP contribution in [0.4, 0.5) is 5.13 Å². The summed E-state index contributed by atoms with van der Waals surface area (Å²) >= 11 is 1.57. The SMILES string of the molecule is CCCNC1CCc2nc(NC(=O)c3cccc(CNC(=O)c4ccc(OCC)c(C)c4)c3)sc2C1. The Kier molecular flexibility index (Phi) is 8.72. The first-order valence-corrected chi connectivity index (χ1v) is 13.4. The van der Waals surface area contributed by atoms with Crippen molar-refractivity contribution in [1.29, 1.82) is 0 Å². The largest absolute Gasteiger partial charge is 0.494 e. The minimum absolute atomic E-state index is 0.170. The zero-order chi connectivity index (χ0) is 25.5. The number of carbonyl (C=O) groups is 2. The number of aryl methyl sites for hydroxylation is 2. The van der Waals surface area contributed by atoms with Gasteiger partial charge in [0.1, 0.15) is 5.75 Å². The molecule has 2 amide bonds. The third kappa shape index (κ3) is 6.50. The first kappa shape index (κ1) is 25.9. The summed E-state index contributed by atoms with van der Waals surface area (Å²) in [5, 5.41) is 10.1. The van der Waals surface area contributed by atoms with Crippen molar-refractivity contribution < 1.29 is 14.3 Å². The van der Waals surface area contributed by atoms with Crippen LogP contribution in [0.5, 0.6) is 5.75 Å². The highest BCUT2D eigenvalue weighted by Gasteiger charge is 2.23. The fraction of sp³-hybridized carbons (Fsp3) is 0.393. The molecule has 1 unspecified atom stereocenters. The van der Waals surface area contributed by atoms with Crippen LogP contribution in [0.3, 0.4) is 0 Å². The van der Waals surface area contributed by atoms with Crippen molar-refractivity contribution in [2.45, 2.75) is 59.0 Å². The number of thiazole rings is 1. The van der Waals surface area contributed by atoms with Gasteiger partial charge >= 0.3 is 0 Å². The van der Waals surface area contributed by atoms with E-state index in [4.69, 9.17) is 4.74 Å². The van der Waals surface area contributed by atoms with Gasteiger partial charge in [-0.2, -0.15) is 0 Å². The molecule has 1 heterocycles. The number of hydrogen-bond donors (Lipinski definition) is 3. The van der Waals surface area contributed by atoms with Crippen LogP contribution in [0.15, 0.2) is 42.5 Å². The number of amides is 2. The van der Waals surface area contributed by atoms with Crippen LogP contribution in [-0.2, 0) is 19.4 Å². The standard InChI is InChI=1S/C28H34N4O3S/c1-4-13-29-22-10-11-23-25(16-22)36-28(31-23)32-27(34)20-8-6-7-19(15-20)17-30-26(33)21-9-12-24(35-5-2)18(3)14-21/h6-9,12,14-15,22,29H,4-5,10-11,13,16-17H2,1-3H3,(H,30,33)(H,31,32,34). The van der Waals surface area contributed by atoms with E-state index < -0.39 is 0 Å². The van der Waals surface area contributed by atoms with Crippen molar-refractivity contribution in [3.63, 3.8) is 0 Å². The molecular weight excluding hydrogens is 472 g/mol. The molecule has 0 saturated carbocycles. The van der Waals surface area contributed by atoms with Gasteiger partial charge in [-0.25, -0.2) is 4.98 Å². The van der Waals surface area contributed by atoms with Crippen molar-refractivity contribution in [2.24, 2.45) is 0 Å². The summed E-state index contributed by atoms with van der Waals surface area (Å²) in [7, 11) is 0. The number of fused-ring (bicyclic) bond motifs is 1. The van der Waals surface area contributed by atoms with E-state index >= 15 is 0 Å². The molecular formula is C28H34N4O3S. The molecule has 3 N–H and O–H groups in total. The molecule has 7 nitrogen and oxygen atoms in total. The minimum Gasteiger partial charge on any atom is -0.494 e. The Labute approximate surface area is 216 Å². The topological polar surface area (TPSA) is 92.4 Å². The summed E-state index contributed by atoms with van der Waals surface area (Å²) in [4.78, 5) is 31.5. The minimum atomic E-state index is -0.197. The van der Waals surface area contributed by atoms with Crippen LogP contribution in [0.1, 0.15) is 69.1 Å². The number of benzene rings is 2. The molecule has 190 valence electrons. The lowest BCUT2D eigenvalue weighted by Gasteiger charge is -2.21. The molecule has 1 atom stereocenters. The van der Waals surface area contributed by atoms with E-state index in [1.54, 1.807) is 29.5 Å². The normalized spacial score (nSPS) is 14.7. The smallest absolute Gasteiger partial charge is 0.257 e. The Bertz CT molecular complexity index is 1220. The summed E-state index contributed by atoms with van der Waals surface area (Å²) in [6.07, 6.45) is 4.10. The Morgan fingerprint density at radius 2 is 1.94 bits per heavy atom. The maximum absolute atomic E-state index is 12.9. The summed E-state index contributed by atoms with van der Waals surface area (Å²) in [5.41, 5.74) is 3.98. The molecule has 0 bridgehead atoms. The van der Waals surface area contributed by atoms with Crippen molar-refractivity contribution in [3.05, 3.63) is 75.3 Å². The highest BCUT2D eigenvalue weighted by molar-refractivity contribution is 7.15. The monoisotopic (exact) mass is 506 g/mol. The van der Waals surface area contributed by atoms with Gasteiger partial charge in [-0.1, -0.05) is 19.1 Å². The van der Waals surface area contributed by atoms with Crippen LogP contribution in [0.2, 0.25) is 0 Å². The number of nitrogens with zero attached hydrogens (tertiary/aromatic N) is 1. The number of ether oxygens (including phenoxy) is 1. The van der Waals surface area contributed by atoms with E-state index in [9.17, 15) is 9.59 Å². The third-order valence-corrected chi connectivity index (χ3v) is 7.26. The molecule has 4 rings (SSSR count). The summed E-state index contributed by atoms with van der Waals surface area (Å²) in [5.74, 6) is 0.412. The third-order valence-electron chi connectivity index (χ3n) is 6.22. The maximum Gasteiger partial charge on any atom is 0.257 e. The van der Waals surface area contributed by atoms with Crippen LogP contribution in [0.25, 0.3) is 0 Å². The summed E-state index contributed by atoms with van der Waals surface area (Å²) < 4.78 is 5.55. The number of anilines is 1. The van der Waals surface area contributed by atoms with Crippen LogP contribution in [0, 0.1) is 6.92 Å². The maximum atomic E-state index is 12.9. The van der Waals surface area contributed by atoms with E-state index in [2.05, 4.69) is 27.9 Å². The van der Waals surface area contributed by atoms with Gasteiger partial charge in [0.25, 0.3) is 11.8 Å². The highest BCUT2D eigenvalue weighted by Crippen LogP contribution is 2.30. The fourth-order valence-electron chi connectivity index (χ4n) is 4.34. The average Bonchev–Trinajstić information content (AvgIpc) is 3.29. The van der Waals surface area contributed by atoms with Crippen molar-refractivity contribution in [3.8, 4) is 5.75 Å². The molecule has 0 fully saturated rings. The lowest BCUT2D eigenvalue weighted by atomic mass is 9.98. The first-order chi connectivity index (χ1) is 17.5. The molecule has 1 aliphatic rings. The molecule has 36 heavy (non-hydrogen) atoms. The number of carbonyl (C=O) groups excluding carboxylic acids is 2. The molecule has 2 aromatic carbocycles. The average molecular weight is 507 g/mol. The predicted octanol–water partition coefficient (Wildman–Crippen LogP) is 4.89. The number of nitrogens with one attached hydrogen (secondary N) is 3. The van der Waals surface area contributed by atoms with E-state index in [0.29, 0.717) is 35.5 Å². The number of rotatable bonds is 10. The van der Waals surface area contributed by atoms with Gasteiger partial charge in [0, 0.05) is 28.6 Å².